The summed E-state index contributed by atoms with van der Waals surface area (Å²) in [6.45, 7) is 6.80. The number of carbonyl (C=O) groups is 1. The number of unbranched alkanes of at least 4 members (excludes halogenated alkanes) is 1. The van der Waals surface area contributed by atoms with Gasteiger partial charge in [0.2, 0.25) is 0 Å². The number of anilines is 1. The third-order valence-electron chi connectivity index (χ3n) is 6.61. The number of thiazole rings is 1. The Morgan fingerprint density at radius 3 is 2.80 bits per heavy atom. The van der Waals surface area contributed by atoms with Crippen molar-refractivity contribution in [2.75, 3.05) is 18.6 Å². The van der Waals surface area contributed by atoms with E-state index in [0.717, 1.165) is 29.5 Å². The van der Waals surface area contributed by atoms with Crippen molar-refractivity contribution in [2.45, 2.75) is 51.4 Å². The highest BCUT2D eigenvalue weighted by molar-refractivity contribution is 7.07. The summed E-state index contributed by atoms with van der Waals surface area (Å²) in [5.74, 6) is -0.505. The lowest BCUT2D eigenvalue weighted by atomic mass is 9.84. The van der Waals surface area contributed by atoms with E-state index in [1.54, 1.807) is 0 Å². The predicted octanol–water partition coefficient (Wildman–Crippen LogP) is 4.85. The van der Waals surface area contributed by atoms with E-state index in [2.05, 4.69) is 74.4 Å². The van der Waals surface area contributed by atoms with Crippen molar-refractivity contribution in [1.29, 1.82) is 5.26 Å². The van der Waals surface area contributed by atoms with Gasteiger partial charge in [0.25, 0.3) is 0 Å². The van der Waals surface area contributed by atoms with Gasteiger partial charge in [-0.1, -0.05) is 69.7 Å². The predicted molar refractivity (Wildman–Crippen MR) is 142 cm³/mol. The zero-order valence-electron chi connectivity index (χ0n) is 20.7. The van der Waals surface area contributed by atoms with Gasteiger partial charge in [-0.3, -0.25) is 0 Å². The summed E-state index contributed by atoms with van der Waals surface area (Å²) >= 11 is 1.37. The van der Waals surface area contributed by atoms with Gasteiger partial charge in [0.1, 0.15) is 10.7 Å². The van der Waals surface area contributed by atoms with E-state index in [9.17, 15) is 10.1 Å². The Morgan fingerprint density at radius 1 is 1.31 bits per heavy atom. The lowest BCUT2D eigenvalue weighted by molar-refractivity contribution is -0.136. The molecule has 1 unspecified atom stereocenters. The molecule has 0 fully saturated rings. The molecule has 1 aromatic heterocycles. The molecule has 1 atom stereocenters. The zero-order chi connectivity index (χ0) is 25.0. The smallest absolute Gasteiger partial charge is 0.352 e. The first-order chi connectivity index (χ1) is 16.9. The standard InChI is InChI=1S/C29H31N3O2S/c1-5-6-18-34-28(33)21(19-30)27-31-26(20-12-8-7-9-13-20)24(35-27)16-17-25-29(2,3)22-14-10-11-15-23(22)32(25)4/h7-12,14-17,20H,5-6,13,18H2,1-4H3/b24-16+,25-17-,27-21-. The van der Waals surface area contributed by atoms with Gasteiger partial charge in [0.05, 0.1) is 16.8 Å². The molecule has 2 aromatic rings. The van der Waals surface area contributed by atoms with E-state index in [0.29, 0.717) is 11.3 Å². The third kappa shape index (κ3) is 4.87. The molecular formula is C29H31N3O2S. The molecule has 6 heteroatoms. The molecule has 0 saturated heterocycles. The molecule has 0 bridgehead atoms. The average molecular weight is 486 g/mol. The average Bonchev–Trinajstić information content (AvgIpc) is 3.36. The Hall–Kier alpha value is -3.43. The number of allylic oxidation sites excluding steroid dienone is 6. The number of nitriles is 1. The Balaban J connectivity index is 1.82. The fourth-order valence-corrected chi connectivity index (χ4v) is 5.66. The van der Waals surface area contributed by atoms with Crippen LogP contribution in [0, 0.1) is 11.3 Å². The number of ether oxygens (including phenoxy) is 1. The van der Waals surface area contributed by atoms with E-state index in [1.807, 2.05) is 25.1 Å². The molecule has 1 aliphatic carbocycles. The summed E-state index contributed by atoms with van der Waals surface area (Å²) in [6, 6.07) is 10.5. The number of rotatable bonds is 6. The number of para-hydroxylation sites is 1. The number of hydrogen-bond acceptors (Lipinski definition) is 6. The number of esters is 1. The first kappa shape index (κ1) is 24.7. The van der Waals surface area contributed by atoms with Crippen LogP contribution in [0.25, 0.3) is 11.6 Å². The largest absolute Gasteiger partial charge is 0.461 e. The molecule has 4 rings (SSSR count). The van der Waals surface area contributed by atoms with Crippen LogP contribution < -0.4 is 14.1 Å². The Labute approximate surface area is 211 Å². The molecule has 1 aromatic carbocycles. The van der Waals surface area contributed by atoms with Crippen molar-refractivity contribution in [3.8, 4) is 6.07 Å². The highest BCUT2D eigenvalue weighted by atomic mass is 32.1. The highest BCUT2D eigenvalue weighted by Crippen LogP contribution is 2.46. The topological polar surface area (TPSA) is 66.2 Å². The number of aromatic nitrogens is 1. The summed E-state index contributed by atoms with van der Waals surface area (Å²) < 4.78 is 6.68. The third-order valence-corrected chi connectivity index (χ3v) is 7.66. The lowest BCUT2D eigenvalue weighted by Crippen LogP contribution is -2.22. The number of nitrogens with zero attached hydrogens (tertiary/aromatic N) is 3. The van der Waals surface area contributed by atoms with Gasteiger partial charge < -0.3 is 9.64 Å². The molecule has 2 heterocycles. The van der Waals surface area contributed by atoms with Crippen molar-refractivity contribution in [1.82, 2.24) is 4.98 Å². The number of benzene rings is 1. The SMILES string of the molecule is CCCCOC(=O)/C(C#N)=c1/nc(C2C=CC=CC2)/c(=C\C=C2/N(C)c3ccccc3C2(C)C)s1. The second-order valence-corrected chi connectivity index (χ2v) is 10.4. The van der Waals surface area contributed by atoms with Gasteiger partial charge in [0.15, 0.2) is 5.57 Å². The number of carbonyl (C=O) groups excluding carboxylic acids is 1. The van der Waals surface area contributed by atoms with Crippen molar-refractivity contribution < 1.29 is 9.53 Å². The maximum absolute atomic E-state index is 12.6. The highest BCUT2D eigenvalue weighted by Gasteiger charge is 2.37. The van der Waals surface area contributed by atoms with Crippen molar-refractivity contribution in [3.63, 3.8) is 0 Å². The Kier molecular flexibility index (Phi) is 7.37. The molecule has 0 spiro atoms. The second kappa shape index (κ2) is 10.5. The van der Waals surface area contributed by atoms with Gasteiger partial charge >= 0.3 is 5.97 Å². The minimum absolute atomic E-state index is 0.0271. The molecule has 0 amide bonds. The second-order valence-electron chi connectivity index (χ2n) is 9.32. The first-order valence-electron chi connectivity index (χ1n) is 12.1. The first-order valence-corrected chi connectivity index (χ1v) is 12.9. The van der Waals surface area contributed by atoms with Gasteiger partial charge in [-0.15, -0.1) is 11.3 Å². The summed E-state index contributed by atoms with van der Waals surface area (Å²) in [5, 5.41) is 9.75. The fraction of sp³-hybridized carbons (Fsp3) is 0.345. The van der Waals surface area contributed by atoms with Gasteiger partial charge in [-0.05, 0) is 36.6 Å². The van der Waals surface area contributed by atoms with Crippen LogP contribution >= 0.6 is 11.3 Å². The molecule has 0 radical (unpaired) electrons. The maximum Gasteiger partial charge on any atom is 0.352 e. The van der Waals surface area contributed by atoms with Gasteiger partial charge in [0, 0.05) is 29.8 Å². The molecule has 0 N–H and O–H groups in total. The monoisotopic (exact) mass is 485 g/mol. The van der Waals surface area contributed by atoms with Crippen LogP contribution in [0.2, 0.25) is 0 Å². The molecule has 0 saturated carbocycles. The van der Waals surface area contributed by atoms with Gasteiger partial charge in [-0.25, -0.2) is 9.78 Å². The maximum atomic E-state index is 12.6. The van der Waals surface area contributed by atoms with E-state index >= 15 is 0 Å². The molecular weight excluding hydrogens is 454 g/mol. The molecule has 2 aliphatic rings. The molecule has 180 valence electrons. The minimum Gasteiger partial charge on any atom is -0.461 e. The summed E-state index contributed by atoms with van der Waals surface area (Å²) in [7, 11) is 2.09. The van der Waals surface area contributed by atoms with E-state index < -0.39 is 5.97 Å². The summed E-state index contributed by atoms with van der Waals surface area (Å²) in [4.78, 5) is 19.6. The van der Waals surface area contributed by atoms with E-state index in [1.165, 1.54) is 28.3 Å². The number of hydrogen-bond donors (Lipinski definition) is 0. The summed E-state index contributed by atoms with van der Waals surface area (Å²) in [6.07, 6.45) is 15.0. The summed E-state index contributed by atoms with van der Waals surface area (Å²) in [5.41, 5.74) is 4.39. The van der Waals surface area contributed by atoms with Crippen LogP contribution in [0.3, 0.4) is 0 Å². The Morgan fingerprint density at radius 2 is 2.11 bits per heavy atom. The van der Waals surface area contributed by atoms with E-state index in [4.69, 9.17) is 9.72 Å². The quantitative estimate of drug-likeness (QED) is 0.432. The van der Waals surface area contributed by atoms with Crippen LogP contribution in [-0.2, 0) is 14.9 Å². The van der Waals surface area contributed by atoms with Crippen LogP contribution in [0.15, 0.2) is 60.3 Å². The van der Waals surface area contributed by atoms with Crippen LogP contribution in [0.4, 0.5) is 5.69 Å². The van der Waals surface area contributed by atoms with Gasteiger partial charge in [-0.2, -0.15) is 5.26 Å². The fourth-order valence-electron chi connectivity index (χ4n) is 4.64. The molecule has 1 aliphatic heterocycles. The van der Waals surface area contributed by atoms with E-state index in [-0.39, 0.29) is 16.9 Å². The zero-order valence-corrected chi connectivity index (χ0v) is 21.6. The Bertz CT molecular complexity index is 1370. The van der Waals surface area contributed by atoms with Crippen molar-refractivity contribution in [2.24, 2.45) is 0 Å². The van der Waals surface area contributed by atoms with Crippen molar-refractivity contribution in [3.05, 3.63) is 80.8 Å². The number of fused-ring (bicyclic) bond motifs is 1. The van der Waals surface area contributed by atoms with Crippen molar-refractivity contribution >= 4 is 34.6 Å². The minimum atomic E-state index is -0.600. The molecule has 5 nitrogen and oxygen atoms in total. The normalized spacial score (nSPS) is 20.7. The van der Waals surface area contributed by atoms with Crippen LogP contribution in [-0.4, -0.2) is 24.6 Å². The van der Waals surface area contributed by atoms with Crippen LogP contribution in [0.1, 0.15) is 57.2 Å². The molecule has 35 heavy (non-hydrogen) atoms. The number of likely N-dealkylation sites (N-methyl/N-ethyl adjacent to an activating group) is 1. The van der Waals surface area contributed by atoms with Crippen LogP contribution in [0.5, 0.6) is 0 Å². The lowest BCUT2D eigenvalue weighted by Gasteiger charge is -2.23.